The molecule has 3 saturated carbocycles. The lowest BCUT2D eigenvalue weighted by Crippen LogP contribution is -2.61. The number of carbonyl (C=O) groups excluding carboxylic acids is 3. The molecule has 5 bridgehead atoms. The summed E-state index contributed by atoms with van der Waals surface area (Å²) in [6, 6.07) is -0.887. The molecule has 0 aromatic heterocycles. The quantitative estimate of drug-likeness (QED) is 0.241. The van der Waals surface area contributed by atoms with Gasteiger partial charge in [-0.3, -0.25) is 18.9 Å². The van der Waals surface area contributed by atoms with Gasteiger partial charge >= 0.3 is 39.2 Å². The molecular formula is C31H39F6NO11S. The van der Waals surface area contributed by atoms with Crippen molar-refractivity contribution >= 4 is 28.0 Å². The molecule has 11 unspecified atom stereocenters. The van der Waals surface area contributed by atoms with Crippen molar-refractivity contribution in [3.63, 3.8) is 0 Å². The van der Waals surface area contributed by atoms with Crippen molar-refractivity contribution in [1.82, 2.24) is 4.90 Å². The van der Waals surface area contributed by atoms with E-state index in [9.17, 15) is 49.1 Å². The van der Waals surface area contributed by atoms with Gasteiger partial charge in [-0.05, 0) is 71.6 Å². The van der Waals surface area contributed by atoms with E-state index in [1.807, 2.05) is 0 Å². The van der Waals surface area contributed by atoms with E-state index in [2.05, 4.69) is 0 Å². The van der Waals surface area contributed by atoms with Gasteiger partial charge in [-0.2, -0.15) is 34.8 Å². The van der Waals surface area contributed by atoms with E-state index in [0.29, 0.717) is 32.6 Å². The maximum atomic E-state index is 14.4. The van der Waals surface area contributed by atoms with Crippen LogP contribution in [0.15, 0.2) is 0 Å². The van der Waals surface area contributed by atoms with Gasteiger partial charge in [-0.25, -0.2) is 0 Å². The fraction of sp³-hybridized carbons (Fsp3) is 0.903. The second-order valence-corrected chi connectivity index (χ2v) is 17.6. The minimum atomic E-state index is -5.98. The number of likely N-dealkylation sites (tertiary alicyclic amines) is 1. The molecule has 12 nitrogen and oxygen atoms in total. The molecule has 4 aliphatic heterocycles. The molecule has 50 heavy (non-hydrogen) atoms. The standard InChI is InChI=1S/C31H39F6NO11S/c1-13(31(36,37)50(42,43)44)47-24(40)18-17-20-19(38(23(17)39)26(2,3)4)22(21(18)48-20)49-25(41)27-6-5-14-9-28(16(10-27)7-15(14)8-27)45-11-29(32,33)30(34,35)12-46-28/h13-22H,5-12H2,1-4H3,(H,42,43,44). The molecule has 7 rings (SSSR count). The summed E-state index contributed by atoms with van der Waals surface area (Å²) in [4.78, 5) is 43.0. The lowest BCUT2D eigenvalue weighted by molar-refractivity contribution is -0.312. The maximum absolute atomic E-state index is 14.4. The van der Waals surface area contributed by atoms with Gasteiger partial charge in [0.1, 0.15) is 25.2 Å². The van der Waals surface area contributed by atoms with E-state index in [1.165, 1.54) is 4.90 Å². The van der Waals surface area contributed by atoms with Crippen LogP contribution in [0.5, 0.6) is 0 Å². The maximum Gasteiger partial charge on any atom is 0.405 e. The van der Waals surface area contributed by atoms with Crippen LogP contribution in [0.25, 0.3) is 0 Å². The Labute approximate surface area is 283 Å². The van der Waals surface area contributed by atoms with Gasteiger partial charge in [0.2, 0.25) is 5.91 Å². The van der Waals surface area contributed by atoms with Gasteiger partial charge in [0.15, 0.2) is 18.0 Å². The molecule has 1 amide bonds. The second kappa shape index (κ2) is 10.9. The number of hydrogen-bond donors (Lipinski definition) is 1. The lowest BCUT2D eigenvalue weighted by Gasteiger charge is -2.59. The third-order valence-corrected chi connectivity index (χ3v) is 13.3. The molecule has 282 valence electrons. The number of ether oxygens (including phenoxy) is 5. The molecule has 3 aliphatic carbocycles. The minimum absolute atomic E-state index is 0.0107. The van der Waals surface area contributed by atoms with Crippen molar-refractivity contribution in [3.05, 3.63) is 0 Å². The first-order valence-electron chi connectivity index (χ1n) is 16.6. The molecule has 0 aromatic carbocycles. The zero-order chi connectivity index (χ0) is 36.8. The summed E-state index contributed by atoms with van der Waals surface area (Å²) in [5, 5.41) is -4.88. The average Bonchev–Trinajstić information content (AvgIpc) is 3.59. The van der Waals surface area contributed by atoms with Gasteiger partial charge in [-0.15, -0.1) is 0 Å². The summed E-state index contributed by atoms with van der Waals surface area (Å²) < 4.78 is 145. The minimum Gasteiger partial charge on any atom is -0.457 e. The Morgan fingerprint density at radius 3 is 2.20 bits per heavy atom. The first kappa shape index (κ1) is 36.2. The van der Waals surface area contributed by atoms with Crippen LogP contribution in [0, 0.1) is 35.0 Å². The van der Waals surface area contributed by atoms with E-state index < -0.39 is 123 Å². The normalized spacial score (nSPS) is 41.6. The molecule has 1 spiro atoms. The van der Waals surface area contributed by atoms with Crippen LogP contribution in [0.1, 0.15) is 66.2 Å². The third kappa shape index (κ3) is 5.05. The van der Waals surface area contributed by atoms with E-state index >= 15 is 0 Å². The zero-order valence-corrected chi connectivity index (χ0v) is 28.4. The van der Waals surface area contributed by atoms with E-state index in [1.54, 1.807) is 20.8 Å². The van der Waals surface area contributed by atoms with Crippen LogP contribution < -0.4 is 0 Å². The predicted octanol–water partition coefficient (Wildman–Crippen LogP) is 3.56. The number of carbonyl (C=O) groups is 3. The number of nitrogens with zero attached hydrogens (tertiary/aromatic N) is 1. The number of halogens is 6. The summed E-state index contributed by atoms with van der Waals surface area (Å²) in [6.07, 6.45) is -4.72. The zero-order valence-electron chi connectivity index (χ0n) is 27.6. The molecule has 4 saturated heterocycles. The van der Waals surface area contributed by atoms with Crippen molar-refractivity contribution in [3.8, 4) is 0 Å². The molecule has 1 N–H and O–H groups in total. The molecule has 11 atom stereocenters. The Morgan fingerprint density at radius 2 is 1.62 bits per heavy atom. The first-order valence-corrected chi connectivity index (χ1v) is 18.1. The van der Waals surface area contributed by atoms with Crippen LogP contribution in [0.2, 0.25) is 0 Å². The average molecular weight is 748 g/mol. The van der Waals surface area contributed by atoms with Gasteiger partial charge in [-0.1, -0.05) is 0 Å². The Kier molecular flexibility index (Phi) is 7.89. The summed E-state index contributed by atoms with van der Waals surface area (Å²) in [6.45, 7) is 2.55. The highest BCUT2D eigenvalue weighted by molar-refractivity contribution is 7.86. The van der Waals surface area contributed by atoms with Crippen molar-refractivity contribution in [2.24, 2.45) is 35.0 Å². The van der Waals surface area contributed by atoms with E-state index in [4.69, 9.17) is 28.2 Å². The van der Waals surface area contributed by atoms with Crippen LogP contribution >= 0.6 is 0 Å². The van der Waals surface area contributed by atoms with Gasteiger partial charge < -0.3 is 28.6 Å². The number of esters is 2. The summed E-state index contributed by atoms with van der Waals surface area (Å²) in [7, 11) is -5.98. The topological polar surface area (TPSA) is 155 Å². The SMILES string of the molecule is CC(OC(=O)C1C2OC3C1C(=O)N(C(C)(C)C)C3C2OC(=O)C12CCC3CC4(OCC(F)(F)C(F)(F)CO4)C(CC3C1)C2)C(F)(F)S(=O)(=O)O. The summed E-state index contributed by atoms with van der Waals surface area (Å²) in [5.74, 6) is -17.2. The Balaban J connectivity index is 1.16. The molecule has 0 radical (unpaired) electrons. The number of rotatable bonds is 6. The molecule has 7 aliphatic rings. The first-order chi connectivity index (χ1) is 22.9. The number of fused-ring (bicyclic) bond motifs is 4. The molecule has 4 heterocycles. The second-order valence-electron chi connectivity index (χ2n) is 16.2. The highest BCUT2D eigenvalue weighted by Crippen LogP contribution is 2.64. The van der Waals surface area contributed by atoms with Crippen LogP contribution in [-0.4, -0.2) is 108 Å². The van der Waals surface area contributed by atoms with Crippen LogP contribution in [0.4, 0.5) is 26.3 Å². The van der Waals surface area contributed by atoms with E-state index in [0.717, 1.165) is 0 Å². The smallest absolute Gasteiger partial charge is 0.405 e. The van der Waals surface area contributed by atoms with Crippen LogP contribution in [0.3, 0.4) is 0 Å². The summed E-state index contributed by atoms with van der Waals surface area (Å²) >= 11 is 0. The fourth-order valence-corrected chi connectivity index (χ4v) is 10.3. The largest absolute Gasteiger partial charge is 0.457 e. The van der Waals surface area contributed by atoms with E-state index in [-0.39, 0.29) is 24.7 Å². The van der Waals surface area contributed by atoms with Crippen molar-refractivity contribution < 1.29 is 77.4 Å². The van der Waals surface area contributed by atoms with Crippen molar-refractivity contribution in [2.75, 3.05) is 13.2 Å². The van der Waals surface area contributed by atoms with Crippen molar-refractivity contribution in [2.45, 2.75) is 125 Å². The van der Waals surface area contributed by atoms with Gasteiger partial charge in [0.05, 0.1) is 23.5 Å². The number of hydrogen-bond acceptors (Lipinski definition) is 10. The Hall–Kier alpha value is -2.22. The summed E-state index contributed by atoms with van der Waals surface area (Å²) in [5.41, 5.74) is -2.12. The predicted molar refractivity (Wildman–Crippen MR) is 153 cm³/mol. The lowest BCUT2D eigenvalue weighted by atomic mass is 9.50. The Bertz CT molecular complexity index is 1570. The van der Waals surface area contributed by atoms with Gasteiger partial charge in [0, 0.05) is 17.9 Å². The third-order valence-electron chi connectivity index (χ3n) is 12.2. The highest BCUT2D eigenvalue weighted by atomic mass is 32.2. The Morgan fingerprint density at radius 1 is 1.00 bits per heavy atom. The van der Waals surface area contributed by atoms with Gasteiger partial charge in [0.25, 0.3) is 0 Å². The van der Waals surface area contributed by atoms with Crippen LogP contribution in [-0.2, 0) is 48.2 Å². The molecule has 7 fully saturated rings. The number of alkyl halides is 6. The van der Waals surface area contributed by atoms with Crippen molar-refractivity contribution in [1.29, 1.82) is 0 Å². The molecule has 0 aromatic rings. The molecule has 19 heteroatoms. The highest BCUT2D eigenvalue weighted by Gasteiger charge is 2.75. The molecular weight excluding hydrogens is 708 g/mol. The fourth-order valence-electron chi connectivity index (χ4n) is 9.87. The number of amides is 1. The monoisotopic (exact) mass is 747 g/mol.